The first-order valence-corrected chi connectivity index (χ1v) is 12.7. The summed E-state index contributed by atoms with van der Waals surface area (Å²) in [4.78, 5) is 28.1. The molecule has 0 bridgehead atoms. The van der Waals surface area contributed by atoms with Crippen LogP contribution in [-0.2, 0) is 29.0 Å². The normalized spacial score (nSPS) is 15.2. The summed E-state index contributed by atoms with van der Waals surface area (Å²) in [5.74, 6) is -0.167. The Labute approximate surface area is 207 Å². The molecule has 1 atom stereocenters. The number of halogens is 2. The number of amides is 2. The van der Waals surface area contributed by atoms with Crippen LogP contribution in [0.15, 0.2) is 42.5 Å². The molecule has 0 heterocycles. The molecule has 1 aliphatic rings. The average Bonchev–Trinajstić information content (AvgIpc) is 2.82. The first-order valence-electron chi connectivity index (χ1n) is 12.0. The number of rotatable bonds is 9. The smallest absolute Gasteiger partial charge is 0.242 e. The number of aryl methyl sites for hydroxylation is 2. The third-order valence-corrected chi connectivity index (χ3v) is 7.12. The van der Waals surface area contributed by atoms with Crippen LogP contribution in [0.25, 0.3) is 0 Å². The highest BCUT2D eigenvalue weighted by Gasteiger charge is 2.28. The van der Waals surface area contributed by atoms with Gasteiger partial charge < -0.3 is 10.2 Å². The summed E-state index contributed by atoms with van der Waals surface area (Å²) in [6, 6.07) is 13.2. The van der Waals surface area contributed by atoms with Crippen LogP contribution in [0.5, 0.6) is 0 Å². The van der Waals surface area contributed by atoms with E-state index < -0.39 is 6.04 Å². The monoisotopic (exact) mass is 488 g/mol. The van der Waals surface area contributed by atoms with E-state index in [1.165, 1.54) is 12.0 Å². The first kappa shape index (κ1) is 25.6. The van der Waals surface area contributed by atoms with E-state index in [1.807, 2.05) is 6.07 Å². The summed E-state index contributed by atoms with van der Waals surface area (Å²) < 4.78 is 0. The van der Waals surface area contributed by atoms with E-state index in [0.29, 0.717) is 22.9 Å². The Balaban J connectivity index is 1.72. The van der Waals surface area contributed by atoms with Gasteiger partial charge in [0, 0.05) is 29.1 Å². The maximum absolute atomic E-state index is 13.3. The lowest BCUT2D eigenvalue weighted by Gasteiger charge is -2.31. The quantitative estimate of drug-likeness (QED) is 0.446. The van der Waals surface area contributed by atoms with E-state index in [2.05, 4.69) is 36.5 Å². The molecule has 1 aliphatic carbocycles. The summed E-state index contributed by atoms with van der Waals surface area (Å²) in [6.07, 6.45) is 7.45. The number of benzene rings is 2. The molecular formula is C27H34Cl2N2O2. The number of carbonyl (C=O) groups excluding carboxylic acids is 2. The van der Waals surface area contributed by atoms with Gasteiger partial charge in [-0.3, -0.25) is 9.59 Å². The lowest BCUT2D eigenvalue weighted by atomic mass is 9.95. The van der Waals surface area contributed by atoms with E-state index in [0.717, 1.165) is 43.2 Å². The van der Waals surface area contributed by atoms with E-state index in [-0.39, 0.29) is 24.4 Å². The number of hydrogen-bond acceptors (Lipinski definition) is 2. The standard InChI is InChI=1S/C27H34Cl2N2O2/c1-3-20-9-11-21(12-10-20)13-16-26(32)31(18-22-14-15-23(28)17-25(22)29)19(2)27(33)30-24-7-5-4-6-8-24/h9-12,14-15,17,19,24H,3-8,13,16,18H2,1-2H3,(H,30,33). The Kier molecular flexibility index (Phi) is 9.64. The number of nitrogens with zero attached hydrogens (tertiary/aromatic N) is 1. The van der Waals surface area contributed by atoms with Crippen molar-refractivity contribution in [2.24, 2.45) is 0 Å². The minimum absolute atomic E-state index is 0.0631. The molecule has 178 valence electrons. The molecule has 1 N–H and O–H groups in total. The van der Waals surface area contributed by atoms with Crippen LogP contribution < -0.4 is 5.32 Å². The molecule has 2 aromatic rings. The van der Waals surface area contributed by atoms with Gasteiger partial charge in [-0.2, -0.15) is 0 Å². The van der Waals surface area contributed by atoms with E-state index in [4.69, 9.17) is 23.2 Å². The SMILES string of the molecule is CCc1ccc(CCC(=O)N(Cc2ccc(Cl)cc2Cl)C(C)C(=O)NC2CCCCC2)cc1. The van der Waals surface area contributed by atoms with Crippen LogP contribution in [0.1, 0.15) is 69.1 Å². The van der Waals surface area contributed by atoms with Crippen molar-refractivity contribution in [3.05, 3.63) is 69.2 Å². The fourth-order valence-electron chi connectivity index (χ4n) is 4.32. The Bertz CT molecular complexity index is 940. The van der Waals surface area contributed by atoms with Crippen LogP contribution in [0.2, 0.25) is 10.0 Å². The summed E-state index contributed by atoms with van der Waals surface area (Å²) >= 11 is 12.4. The van der Waals surface area contributed by atoms with Gasteiger partial charge in [0.05, 0.1) is 0 Å². The molecule has 0 spiro atoms. The molecule has 0 aromatic heterocycles. The highest BCUT2D eigenvalue weighted by Crippen LogP contribution is 2.24. The highest BCUT2D eigenvalue weighted by molar-refractivity contribution is 6.35. The topological polar surface area (TPSA) is 49.4 Å². The van der Waals surface area contributed by atoms with Gasteiger partial charge in [-0.15, -0.1) is 0 Å². The Morgan fingerprint density at radius 1 is 1.03 bits per heavy atom. The minimum Gasteiger partial charge on any atom is -0.352 e. The second-order valence-corrected chi connectivity index (χ2v) is 9.79. The molecular weight excluding hydrogens is 455 g/mol. The van der Waals surface area contributed by atoms with Crippen LogP contribution in [0.4, 0.5) is 0 Å². The first-order chi connectivity index (χ1) is 15.9. The molecule has 4 nitrogen and oxygen atoms in total. The molecule has 2 aromatic carbocycles. The molecule has 1 fully saturated rings. The Hall–Kier alpha value is -2.04. The lowest BCUT2D eigenvalue weighted by molar-refractivity contribution is -0.141. The van der Waals surface area contributed by atoms with Crippen LogP contribution in [-0.4, -0.2) is 28.8 Å². The van der Waals surface area contributed by atoms with Gasteiger partial charge in [-0.25, -0.2) is 0 Å². The van der Waals surface area contributed by atoms with Gasteiger partial charge in [0.15, 0.2) is 0 Å². The zero-order valence-corrected chi connectivity index (χ0v) is 21.1. The summed E-state index contributed by atoms with van der Waals surface area (Å²) in [7, 11) is 0. The number of nitrogens with one attached hydrogen (secondary N) is 1. The predicted molar refractivity (Wildman–Crippen MR) is 136 cm³/mol. The molecule has 1 saturated carbocycles. The lowest BCUT2D eigenvalue weighted by Crippen LogP contribution is -2.50. The average molecular weight is 489 g/mol. The van der Waals surface area contributed by atoms with Crippen molar-refractivity contribution in [3.63, 3.8) is 0 Å². The summed E-state index contributed by atoms with van der Waals surface area (Å²) in [5, 5.41) is 4.20. The second kappa shape index (κ2) is 12.4. The molecule has 0 saturated heterocycles. The third-order valence-electron chi connectivity index (χ3n) is 6.53. The van der Waals surface area contributed by atoms with E-state index in [9.17, 15) is 9.59 Å². The fraction of sp³-hybridized carbons (Fsp3) is 0.481. The van der Waals surface area contributed by atoms with Gasteiger partial charge in [-0.1, -0.05) is 79.7 Å². The molecule has 33 heavy (non-hydrogen) atoms. The Morgan fingerprint density at radius 3 is 2.33 bits per heavy atom. The van der Waals surface area contributed by atoms with Crippen molar-refractivity contribution in [1.82, 2.24) is 10.2 Å². The third kappa shape index (κ3) is 7.48. The molecule has 0 aliphatic heterocycles. The number of carbonyl (C=O) groups is 2. The van der Waals surface area contributed by atoms with Crippen molar-refractivity contribution in [1.29, 1.82) is 0 Å². The van der Waals surface area contributed by atoms with E-state index in [1.54, 1.807) is 24.0 Å². The van der Waals surface area contributed by atoms with Gasteiger partial charge in [0.2, 0.25) is 11.8 Å². The van der Waals surface area contributed by atoms with Crippen molar-refractivity contribution < 1.29 is 9.59 Å². The summed E-state index contributed by atoms with van der Waals surface area (Å²) in [5.41, 5.74) is 3.17. The Morgan fingerprint density at radius 2 is 1.70 bits per heavy atom. The molecule has 6 heteroatoms. The molecule has 1 unspecified atom stereocenters. The van der Waals surface area contributed by atoms with Crippen molar-refractivity contribution in [2.45, 2.75) is 83.8 Å². The molecule has 0 radical (unpaired) electrons. The van der Waals surface area contributed by atoms with Crippen molar-refractivity contribution >= 4 is 35.0 Å². The van der Waals surface area contributed by atoms with Crippen LogP contribution in [0.3, 0.4) is 0 Å². The fourth-order valence-corrected chi connectivity index (χ4v) is 4.79. The van der Waals surface area contributed by atoms with Gasteiger partial charge in [0.1, 0.15) is 6.04 Å². The predicted octanol–water partition coefficient (Wildman–Crippen LogP) is 6.35. The van der Waals surface area contributed by atoms with Crippen molar-refractivity contribution in [2.75, 3.05) is 0 Å². The second-order valence-electron chi connectivity index (χ2n) is 8.95. The van der Waals surface area contributed by atoms with Crippen LogP contribution in [0, 0.1) is 0 Å². The zero-order chi connectivity index (χ0) is 23.8. The maximum atomic E-state index is 13.3. The summed E-state index contributed by atoms with van der Waals surface area (Å²) in [6.45, 7) is 4.19. The maximum Gasteiger partial charge on any atom is 0.242 e. The number of hydrogen-bond donors (Lipinski definition) is 1. The molecule has 2 amide bonds. The highest BCUT2D eigenvalue weighted by atomic mass is 35.5. The van der Waals surface area contributed by atoms with Gasteiger partial charge in [0.25, 0.3) is 0 Å². The van der Waals surface area contributed by atoms with Gasteiger partial charge >= 0.3 is 0 Å². The largest absolute Gasteiger partial charge is 0.352 e. The van der Waals surface area contributed by atoms with Gasteiger partial charge in [-0.05, 0) is 61.4 Å². The zero-order valence-electron chi connectivity index (χ0n) is 19.6. The minimum atomic E-state index is -0.589. The molecule has 3 rings (SSSR count). The van der Waals surface area contributed by atoms with Crippen molar-refractivity contribution in [3.8, 4) is 0 Å². The van der Waals surface area contributed by atoms with E-state index >= 15 is 0 Å². The van der Waals surface area contributed by atoms with Crippen LogP contribution >= 0.6 is 23.2 Å².